The van der Waals surface area contributed by atoms with Crippen LogP contribution in [0, 0.1) is 0 Å². The molecule has 12 heteroatoms. The first-order valence-electron chi connectivity index (χ1n) is 11.4. The maximum absolute atomic E-state index is 13.2. The van der Waals surface area contributed by atoms with Crippen molar-refractivity contribution in [3.8, 4) is 0 Å². The van der Waals surface area contributed by atoms with Gasteiger partial charge in [0, 0.05) is 53.7 Å². The van der Waals surface area contributed by atoms with Crippen molar-refractivity contribution in [2.24, 2.45) is 0 Å². The number of hydrogen-bond donors (Lipinski definition) is 3. The fourth-order valence-corrected chi connectivity index (χ4v) is 4.69. The third-order valence-corrected chi connectivity index (χ3v) is 6.66. The zero-order chi connectivity index (χ0) is 25.0. The Morgan fingerprint density at radius 3 is 2.56 bits per heavy atom. The molecule has 1 fully saturated rings. The largest absolute Gasteiger partial charge is 0.416 e. The first-order chi connectivity index (χ1) is 17.4. The average molecular weight is 513 g/mol. The maximum atomic E-state index is 13.2. The molecule has 2 aromatic heterocycles. The van der Waals surface area contributed by atoms with E-state index >= 15 is 0 Å². The third kappa shape index (κ3) is 6.01. The predicted molar refractivity (Wildman–Crippen MR) is 134 cm³/mol. The number of nitrogens with one attached hydrogen (secondary N) is 3. The number of rotatable bonds is 6. The van der Waals surface area contributed by atoms with Gasteiger partial charge in [0.25, 0.3) is 0 Å². The van der Waals surface area contributed by atoms with Crippen molar-refractivity contribution >= 4 is 46.8 Å². The van der Waals surface area contributed by atoms with Crippen molar-refractivity contribution in [1.29, 1.82) is 0 Å². The van der Waals surface area contributed by atoms with Crippen molar-refractivity contribution in [3.05, 3.63) is 65.5 Å². The molecule has 0 saturated carbocycles. The summed E-state index contributed by atoms with van der Waals surface area (Å²) in [5.74, 6) is 0.420. The molecule has 1 aliphatic heterocycles. The lowest BCUT2D eigenvalue weighted by Crippen LogP contribution is -2.22. The van der Waals surface area contributed by atoms with Crippen molar-refractivity contribution in [1.82, 2.24) is 35.0 Å². The maximum Gasteiger partial charge on any atom is 0.416 e. The number of anilines is 2. The number of aromatic nitrogens is 5. The van der Waals surface area contributed by atoms with Crippen LogP contribution in [0.5, 0.6) is 0 Å². The Kier molecular flexibility index (Phi) is 7.16. The minimum atomic E-state index is -4.48. The average Bonchev–Trinajstić information content (AvgIpc) is 3.21. The van der Waals surface area contributed by atoms with E-state index in [-0.39, 0.29) is 5.52 Å². The second-order valence-corrected chi connectivity index (χ2v) is 9.37. The standard InChI is InChI=1S/C24H23F3N8S/c25-24(26,27)18-12-17(22-21(13-18)32-34-33-22)3-2-16-14-29-23(30-15-16)31-19-4-6-20(7-5-19)36-35-10-1-8-28-9-11-35/h2-7,12-15,28H,1,8-11H2,(H,29,30,31)(H,32,33,34)/b3-2+. The highest BCUT2D eigenvalue weighted by Crippen LogP contribution is 2.33. The molecule has 1 aliphatic rings. The van der Waals surface area contributed by atoms with E-state index in [0.29, 0.717) is 22.6 Å². The van der Waals surface area contributed by atoms with Gasteiger partial charge in [-0.05, 0) is 61.3 Å². The Morgan fingerprint density at radius 1 is 0.972 bits per heavy atom. The molecule has 5 rings (SSSR count). The highest BCUT2D eigenvalue weighted by molar-refractivity contribution is 7.97. The van der Waals surface area contributed by atoms with E-state index in [4.69, 9.17) is 0 Å². The third-order valence-electron chi connectivity index (χ3n) is 5.55. The molecule has 2 aromatic carbocycles. The summed E-state index contributed by atoms with van der Waals surface area (Å²) in [6.07, 6.45) is 3.03. The molecule has 3 heterocycles. The second kappa shape index (κ2) is 10.6. The predicted octanol–water partition coefficient (Wildman–Crippen LogP) is 4.98. The second-order valence-electron chi connectivity index (χ2n) is 8.20. The first kappa shape index (κ1) is 24.2. The normalized spacial score (nSPS) is 15.4. The van der Waals surface area contributed by atoms with E-state index in [1.54, 1.807) is 36.5 Å². The zero-order valence-electron chi connectivity index (χ0n) is 19.1. The minimum Gasteiger partial charge on any atom is -0.324 e. The number of H-pyrrole nitrogens is 1. The number of fused-ring (bicyclic) bond motifs is 1. The van der Waals surface area contributed by atoms with E-state index < -0.39 is 11.7 Å². The Bertz CT molecular complexity index is 1330. The summed E-state index contributed by atoms with van der Waals surface area (Å²) in [5.41, 5.74) is 1.50. The van der Waals surface area contributed by atoms with Crippen LogP contribution in [0.15, 0.2) is 53.7 Å². The molecular formula is C24H23F3N8S. The molecule has 1 saturated heterocycles. The summed E-state index contributed by atoms with van der Waals surface area (Å²) in [6, 6.07) is 10.1. The summed E-state index contributed by atoms with van der Waals surface area (Å²) in [6.45, 7) is 4.13. The van der Waals surface area contributed by atoms with Gasteiger partial charge in [-0.15, -0.1) is 0 Å². The fourth-order valence-electron chi connectivity index (χ4n) is 3.73. The van der Waals surface area contributed by atoms with Crippen LogP contribution in [0.25, 0.3) is 23.2 Å². The Balaban J connectivity index is 1.23. The van der Waals surface area contributed by atoms with Gasteiger partial charge in [0.1, 0.15) is 11.0 Å². The molecule has 0 atom stereocenters. The summed E-state index contributed by atoms with van der Waals surface area (Å²) in [5, 5.41) is 16.7. The van der Waals surface area contributed by atoms with Crippen molar-refractivity contribution in [2.75, 3.05) is 31.5 Å². The van der Waals surface area contributed by atoms with E-state index in [1.807, 2.05) is 12.1 Å². The Hall–Kier alpha value is -3.48. The Morgan fingerprint density at radius 2 is 1.78 bits per heavy atom. The molecule has 0 bridgehead atoms. The Labute approximate surface area is 209 Å². The van der Waals surface area contributed by atoms with Crippen LogP contribution in [0.2, 0.25) is 0 Å². The fraction of sp³-hybridized carbons (Fsp3) is 0.250. The molecule has 36 heavy (non-hydrogen) atoms. The van der Waals surface area contributed by atoms with E-state index in [9.17, 15) is 13.2 Å². The van der Waals surface area contributed by atoms with E-state index in [0.717, 1.165) is 50.4 Å². The van der Waals surface area contributed by atoms with Crippen LogP contribution in [0.1, 0.15) is 23.1 Å². The number of alkyl halides is 3. The molecule has 0 spiro atoms. The summed E-state index contributed by atoms with van der Waals surface area (Å²) < 4.78 is 42.0. The first-order valence-corrected chi connectivity index (χ1v) is 12.1. The lowest BCUT2D eigenvalue weighted by atomic mass is 10.1. The molecule has 186 valence electrons. The van der Waals surface area contributed by atoms with E-state index in [1.165, 1.54) is 4.90 Å². The highest BCUT2D eigenvalue weighted by atomic mass is 32.2. The number of benzene rings is 2. The van der Waals surface area contributed by atoms with Gasteiger partial charge in [-0.1, -0.05) is 12.2 Å². The van der Waals surface area contributed by atoms with Gasteiger partial charge in [0.2, 0.25) is 5.95 Å². The van der Waals surface area contributed by atoms with Crippen LogP contribution >= 0.6 is 11.9 Å². The molecule has 3 N–H and O–H groups in total. The van der Waals surface area contributed by atoms with Crippen LogP contribution in [0.3, 0.4) is 0 Å². The van der Waals surface area contributed by atoms with Gasteiger partial charge >= 0.3 is 6.18 Å². The van der Waals surface area contributed by atoms with Crippen molar-refractivity contribution in [2.45, 2.75) is 17.5 Å². The van der Waals surface area contributed by atoms with Crippen LogP contribution < -0.4 is 10.6 Å². The van der Waals surface area contributed by atoms with Crippen LogP contribution in [-0.4, -0.2) is 55.9 Å². The van der Waals surface area contributed by atoms with E-state index in [2.05, 4.69) is 52.5 Å². The molecule has 0 amide bonds. The van der Waals surface area contributed by atoms with Gasteiger partial charge in [0.15, 0.2) is 0 Å². The van der Waals surface area contributed by atoms with Gasteiger partial charge in [-0.3, -0.25) is 0 Å². The van der Waals surface area contributed by atoms with Crippen LogP contribution in [-0.2, 0) is 6.18 Å². The number of hydrogen-bond acceptors (Lipinski definition) is 8. The zero-order valence-corrected chi connectivity index (χ0v) is 19.9. The molecule has 0 radical (unpaired) electrons. The summed E-state index contributed by atoms with van der Waals surface area (Å²) in [7, 11) is 0. The number of nitrogens with zero attached hydrogens (tertiary/aromatic N) is 5. The van der Waals surface area contributed by atoms with Gasteiger partial charge in [-0.25, -0.2) is 14.3 Å². The molecular weight excluding hydrogens is 489 g/mol. The smallest absolute Gasteiger partial charge is 0.324 e. The quantitative estimate of drug-likeness (QED) is 0.312. The van der Waals surface area contributed by atoms with Crippen LogP contribution in [0.4, 0.5) is 24.8 Å². The summed E-state index contributed by atoms with van der Waals surface area (Å²) in [4.78, 5) is 9.79. The molecule has 4 aromatic rings. The highest BCUT2D eigenvalue weighted by Gasteiger charge is 2.31. The van der Waals surface area contributed by atoms with Crippen molar-refractivity contribution in [3.63, 3.8) is 0 Å². The molecule has 0 unspecified atom stereocenters. The number of halogens is 3. The monoisotopic (exact) mass is 512 g/mol. The topological polar surface area (TPSA) is 94.6 Å². The van der Waals surface area contributed by atoms with Gasteiger partial charge in [0.05, 0.1) is 5.56 Å². The lowest BCUT2D eigenvalue weighted by molar-refractivity contribution is -0.137. The van der Waals surface area contributed by atoms with Gasteiger partial charge < -0.3 is 10.6 Å². The molecule has 0 aliphatic carbocycles. The number of aromatic amines is 1. The summed E-state index contributed by atoms with van der Waals surface area (Å²) >= 11 is 1.76. The minimum absolute atomic E-state index is 0.146. The lowest BCUT2D eigenvalue weighted by Gasteiger charge is -2.18. The SMILES string of the molecule is FC(F)(F)c1cc(/C=C/c2cnc(Nc3ccc(SN4CCCNCC4)cc3)nc2)c2n[nH]nc2c1. The van der Waals surface area contributed by atoms with Crippen molar-refractivity contribution < 1.29 is 13.2 Å². The van der Waals surface area contributed by atoms with Gasteiger partial charge in [-0.2, -0.15) is 28.6 Å². The molecule has 8 nitrogen and oxygen atoms in total.